The van der Waals surface area contributed by atoms with Crippen LogP contribution in [0.5, 0.6) is 0 Å². The zero-order valence-electron chi connectivity index (χ0n) is 8.39. The molecular weight excluding hydrogens is 326 g/mol. The highest BCUT2D eigenvalue weighted by atomic mass is 79.9. The summed E-state index contributed by atoms with van der Waals surface area (Å²) in [5.74, 6) is 0.699. The Bertz CT molecular complexity index is 279. The van der Waals surface area contributed by atoms with Crippen LogP contribution in [-0.2, 0) is 0 Å². The van der Waals surface area contributed by atoms with Crippen molar-refractivity contribution in [2.45, 2.75) is 32.7 Å². The Hall–Kier alpha value is 0.620. The number of nitrogens with two attached hydrogens (primary N) is 1. The highest BCUT2D eigenvalue weighted by Gasteiger charge is 2.13. The molecule has 0 saturated heterocycles. The fraction of sp³-hybridized carbons (Fsp3) is 0.600. The molecule has 80 valence electrons. The molecule has 1 aromatic rings. The summed E-state index contributed by atoms with van der Waals surface area (Å²) >= 11 is 8.68. The standard InChI is InChI=1S/C10H15Br2NS/c1-3-6(2)4-8(13)9-5-7(11)10(12)14-9/h5-6,8H,3-4,13H2,1-2H3. The first-order valence-electron chi connectivity index (χ1n) is 4.74. The molecule has 0 saturated carbocycles. The van der Waals surface area contributed by atoms with Crippen LogP contribution >= 0.6 is 43.2 Å². The van der Waals surface area contributed by atoms with Crippen molar-refractivity contribution >= 4 is 43.2 Å². The summed E-state index contributed by atoms with van der Waals surface area (Å²) < 4.78 is 2.24. The van der Waals surface area contributed by atoms with E-state index in [1.54, 1.807) is 11.3 Å². The van der Waals surface area contributed by atoms with Gasteiger partial charge in [0.15, 0.2) is 0 Å². The van der Waals surface area contributed by atoms with Crippen molar-refractivity contribution in [2.24, 2.45) is 11.7 Å². The van der Waals surface area contributed by atoms with Crippen LogP contribution in [0.25, 0.3) is 0 Å². The molecule has 0 bridgehead atoms. The molecule has 0 aliphatic rings. The Morgan fingerprint density at radius 1 is 1.50 bits per heavy atom. The van der Waals surface area contributed by atoms with Gasteiger partial charge in [0.05, 0.1) is 3.79 Å². The molecule has 0 radical (unpaired) electrons. The predicted molar refractivity (Wildman–Crippen MR) is 70.7 cm³/mol. The van der Waals surface area contributed by atoms with Crippen molar-refractivity contribution in [3.63, 3.8) is 0 Å². The second-order valence-electron chi connectivity index (χ2n) is 3.63. The van der Waals surface area contributed by atoms with Crippen molar-refractivity contribution in [3.8, 4) is 0 Å². The minimum atomic E-state index is 0.178. The van der Waals surface area contributed by atoms with Gasteiger partial charge in [-0.1, -0.05) is 20.3 Å². The van der Waals surface area contributed by atoms with Gasteiger partial charge in [0, 0.05) is 15.4 Å². The maximum absolute atomic E-state index is 6.12. The number of hydrogen-bond donors (Lipinski definition) is 1. The summed E-state index contributed by atoms with van der Waals surface area (Å²) in [6.07, 6.45) is 2.26. The van der Waals surface area contributed by atoms with Crippen molar-refractivity contribution < 1.29 is 0 Å². The number of thiophene rings is 1. The van der Waals surface area contributed by atoms with E-state index in [1.807, 2.05) is 0 Å². The van der Waals surface area contributed by atoms with E-state index in [4.69, 9.17) is 5.73 Å². The summed E-state index contributed by atoms with van der Waals surface area (Å²) in [6, 6.07) is 2.29. The zero-order valence-corrected chi connectivity index (χ0v) is 12.4. The first kappa shape index (κ1) is 12.7. The molecule has 0 aliphatic carbocycles. The van der Waals surface area contributed by atoms with Gasteiger partial charge in [0.1, 0.15) is 0 Å². The van der Waals surface area contributed by atoms with E-state index < -0.39 is 0 Å². The van der Waals surface area contributed by atoms with E-state index in [0.29, 0.717) is 5.92 Å². The van der Waals surface area contributed by atoms with E-state index in [-0.39, 0.29) is 6.04 Å². The van der Waals surface area contributed by atoms with E-state index >= 15 is 0 Å². The van der Waals surface area contributed by atoms with Crippen molar-refractivity contribution in [1.29, 1.82) is 0 Å². The molecule has 0 aromatic carbocycles. The lowest BCUT2D eigenvalue weighted by Gasteiger charge is -2.13. The van der Waals surface area contributed by atoms with Crippen LogP contribution in [0.2, 0.25) is 0 Å². The van der Waals surface area contributed by atoms with Gasteiger partial charge in [-0.25, -0.2) is 0 Å². The Kier molecular flexibility index (Phi) is 5.11. The van der Waals surface area contributed by atoms with E-state index in [0.717, 1.165) is 14.7 Å². The third kappa shape index (κ3) is 3.33. The molecule has 0 spiro atoms. The third-order valence-electron chi connectivity index (χ3n) is 2.38. The number of halogens is 2. The average molecular weight is 341 g/mol. The monoisotopic (exact) mass is 339 g/mol. The predicted octanol–water partition coefficient (Wildman–Crippen LogP) is 4.71. The first-order valence-corrected chi connectivity index (χ1v) is 7.15. The third-order valence-corrected chi connectivity index (χ3v) is 5.77. The fourth-order valence-electron chi connectivity index (χ4n) is 1.26. The van der Waals surface area contributed by atoms with E-state index in [1.165, 1.54) is 11.3 Å². The number of rotatable bonds is 4. The smallest absolute Gasteiger partial charge is 0.0843 e. The van der Waals surface area contributed by atoms with Gasteiger partial charge >= 0.3 is 0 Å². The summed E-state index contributed by atoms with van der Waals surface area (Å²) in [4.78, 5) is 1.25. The van der Waals surface area contributed by atoms with Crippen LogP contribution in [0.4, 0.5) is 0 Å². The average Bonchev–Trinajstić information content (AvgIpc) is 2.47. The Morgan fingerprint density at radius 3 is 2.57 bits per heavy atom. The van der Waals surface area contributed by atoms with Gasteiger partial charge in [-0.2, -0.15) is 0 Å². The highest BCUT2D eigenvalue weighted by Crippen LogP contribution is 2.36. The second-order valence-corrected chi connectivity index (χ2v) is 6.88. The van der Waals surface area contributed by atoms with Gasteiger partial charge in [-0.05, 0) is 50.3 Å². The van der Waals surface area contributed by atoms with Gasteiger partial charge < -0.3 is 5.73 Å². The maximum Gasteiger partial charge on any atom is 0.0843 e. The molecule has 2 unspecified atom stereocenters. The van der Waals surface area contributed by atoms with E-state index in [2.05, 4.69) is 51.8 Å². The lowest BCUT2D eigenvalue weighted by molar-refractivity contribution is 0.465. The van der Waals surface area contributed by atoms with Crippen molar-refractivity contribution in [2.75, 3.05) is 0 Å². The first-order chi connectivity index (χ1) is 6.54. The molecular formula is C10H15Br2NS. The minimum absolute atomic E-state index is 0.178. The molecule has 4 heteroatoms. The van der Waals surface area contributed by atoms with Crippen LogP contribution in [0, 0.1) is 5.92 Å². The SMILES string of the molecule is CCC(C)CC(N)c1cc(Br)c(Br)s1. The Balaban J connectivity index is 2.64. The van der Waals surface area contributed by atoms with Gasteiger partial charge in [-0.3, -0.25) is 0 Å². The van der Waals surface area contributed by atoms with Gasteiger partial charge in [0.2, 0.25) is 0 Å². The lowest BCUT2D eigenvalue weighted by Crippen LogP contribution is -2.12. The molecule has 1 rings (SSSR count). The molecule has 0 amide bonds. The molecule has 2 N–H and O–H groups in total. The van der Waals surface area contributed by atoms with Crippen LogP contribution < -0.4 is 5.73 Å². The molecule has 1 aromatic heterocycles. The van der Waals surface area contributed by atoms with Crippen molar-refractivity contribution in [1.82, 2.24) is 0 Å². The fourth-order valence-corrected chi connectivity index (χ4v) is 3.37. The Labute approximate surface area is 106 Å². The van der Waals surface area contributed by atoms with Crippen LogP contribution in [-0.4, -0.2) is 0 Å². The van der Waals surface area contributed by atoms with Gasteiger partial charge in [0.25, 0.3) is 0 Å². The normalized spacial score (nSPS) is 15.5. The summed E-state index contributed by atoms with van der Waals surface area (Å²) in [6.45, 7) is 4.45. The lowest BCUT2D eigenvalue weighted by atomic mass is 9.99. The van der Waals surface area contributed by atoms with Crippen LogP contribution in [0.1, 0.15) is 37.6 Å². The topological polar surface area (TPSA) is 26.0 Å². The van der Waals surface area contributed by atoms with E-state index in [9.17, 15) is 0 Å². The second kappa shape index (κ2) is 5.64. The van der Waals surface area contributed by atoms with Crippen LogP contribution in [0.15, 0.2) is 14.3 Å². The maximum atomic E-state index is 6.12. The van der Waals surface area contributed by atoms with Gasteiger partial charge in [-0.15, -0.1) is 11.3 Å². The summed E-state index contributed by atoms with van der Waals surface area (Å²) in [5.41, 5.74) is 6.12. The molecule has 14 heavy (non-hydrogen) atoms. The molecule has 2 atom stereocenters. The molecule has 0 aliphatic heterocycles. The quantitative estimate of drug-likeness (QED) is 0.843. The molecule has 1 heterocycles. The summed E-state index contributed by atoms with van der Waals surface area (Å²) in [7, 11) is 0. The highest BCUT2D eigenvalue weighted by molar-refractivity contribution is 9.13. The largest absolute Gasteiger partial charge is 0.323 e. The number of hydrogen-bond acceptors (Lipinski definition) is 2. The Morgan fingerprint density at radius 2 is 2.14 bits per heavy atom. The zero-order chi connectivity index (χ0) is 10.7. The van der Waals surface area contributed by atoms with Crippen molar-refractivity contribution in [3.05, 3.63) is 19.2 Å². The summed E-state index contributed by atoms with van der Waals surface area (Å²) in [5, 5.41) is 0. The molecule has 1 nitrogen and oxygen atoms in total. The minimum Gasteiger partial charge on any atom is -0.323 e. The van der Waals surface area contributed by atoms with Crippen LogP contribution in [0.3, 0.4) is 0 Å². The molecule has 0 fully saturated rings.